The predicted octanol–water partition coefficient (Wildman–Crippen LogP) is -0.254. The molecule has 1 aromatic carbocycles. The molecule has 2 amide bonds. The molecule has 2 N–H and O–H groups in total. The first-order valence-corrected chi connectivity index (χ1v) is 5.88. The fraction of sp³-hybridized carbons (Fsp3) is 0.308. The van der Waals surface area contributed by atoms with Crippen LogP contribution in [0.15, 0.2) is 24.3 Å². The Morgan fingerprint density at radius 1 is 1.32 bits per heavy atom. The third kappa shape index (κ3) is 3.22. The maximum Gasteiger partial charge on any atom is 0.310 e. The molecule has 1 aromatic rings. The SMILES string of the molecule is N#CCNC(=O)C(=O)NCC1Cc2ccccc2O1. The van der Waals surface area contributed by atoms with Crippen LogP contribution in [0.4, 0.5) is 0 Å². The van der Waals surface area contributed by atoms with E-state index in [-0.39, 0.29) is 19.2 Å². The van der Waals surface area contributed by atoms with Crippen LogP contribution in [0, 0.1) is 11.3 Å². The number of fused-ring (bicyclic) bond motifs is 1. The van der Waals surface area contributed by atoms with Crippen LogP contribution >= 0.6 is 0 Å². The molecule has 0 fully saturated rings. The van der Waals surface area contributed by atoms with E-state index in [2.05, 4.69) is 10.6 Å². The molecule has 6 nitrogen and oxygen atoms in total. The van der Waals surface area contributed by atoms with Crippen LogP contribution in [-0.2, 0) is 16.0 Å². The van der Waals surface area contributed by atoms with Crippen LogP contribution < -0.4 is 15.4 Å². The Morgan fingerprint density at radius 3 is 2.79 bits per heavy atom. The number of hydrogen-bond donors (Lipinski definition) is 2. The molecular formula is C13H13N3O3. The van der Waals surface area contributed by atoms with E-state index in [9.17, 15) is 9.59 Å². The summed E-state index contributed by atoms with van der Waals surface area (Å²) in [5.41, 5.74) is 1.09. The molecule has 0 radical (unpaired) electrons. The predicted molar refractivity (Wildman–Crippen MR) is 66.2 cm³/mol. The lowest BCUT2D eigenvalue weighted by molar-refractivity contribution is -0.139. The van der Waals surface area contributed by atoms with Gasteiger partial charge in [0, 0.05) is 6.42 Å². The van der Waals surface area contributed by atoms with Gasteiger partial charge in [0.1, 0.15) is 18.4 Å². The summed E-state index contributed by atoms with van der Waals surface area (Å²) in [6.45, 7) is 0.0745. The molecule has 19 heavy (non-hydrogen) atoms. The number of nitriles is 1. The number of nitrogens with zero attached hydrogens (tertiary/aromatic N) is 1. The van der Waals surface area contributed by atoms with Crippen molar-refractivity contribution < 1.29 is 14.3 Å². The zero-order chi connectivity index (χ0) is 13.7. The van der Waals surface area contributed by atoms with Crippen molar-refractivity contribution in [3.8, 4) is 11.8 Å². The molecule has 0 bridgehead atoms. The summed E-state index contributed by atoms with van der Waals surface area (Å²) in [4.78, 5) is 22.6. The van der Waals surface area contributed by atoms with E-state index in [0.717, 1.165) is 11.3 Å². The number of amides is 2. The number of carbonyl (C=O) groups is 2. The molecule has 0 spiro atoms. The number of para-hydroxylation sites is 1. The van der Waals surface area contributed by atoms with Crippen molar-refractivity contribution in [1.82, 2.24) is 10.6 Å². The number of nitrogens with one attached hydrogen (secondary N) is 2. The van der Waals surface area contributed by atoms with Gasteiger partial charge in [-0.25, -0.2) is 0 Å². The maximum absolute atomic E-state index is 11.4. The van der Waals surface area contributed by atoms with Gasteiger partial charge < -0.3 is 15.4 Å². The lowest BCUT2D eigenvalue weighted by atomic mass is 10.1. The monoisotopic (exact) mass is 259 g/mol. The summed E-state index contributed by atoms with van der Waals surface area (Å²) in [6, 6.07) is 9.38. The van der Waals surface area contributed by atoms with Crippen LogP contribution in [-0.4, -0.2) is 31.0 Å². The average molecular weight is 259 g/mol. The third-order valence-corrected chi connectivity index (χ3v) is 2.74. The quantitative estimate of drug-likeness (QED) is 0.578. The smallest absolute Gasteiger partial charge is 0.310 e. The first-order chi connectivity index (χ1) is 9.20. The molecule has 2 rings (SSSR count). The Hall–Kier alpha value is -2.55. The molecule has 0 aliphatic carbocycles. The van der Waals surface area contributed by atoms with Crippen LogP contribution in [0.1, 0.15) is 5.56 Å². The summed E-state index contributed by atoms with van der Waals surface area (Å²) in [6.07, 6.45) is 0.543. The lowest BCUT2D eigenvalue weighted by Crippen LogP contribution is -2.43. The number of hydrogen-bond acceptors (Lipinski definition) is 4. The molecule has 0 saturated carbocycles. The van der Waals surface area contributed by atoms with Gasteiger partial charge >= 0.3 is 11.8 Å². The zero-order valence-electron chi connectivity index (χ0n) is 10.2. The summed E-state index contributed by atoms with van der Waals surface area (Å²) in [5, 5.41) is 12.9. The van der Waals surface area contributed by atoms with E-state index < -0.39 is 11.8 Å². The van der Waals surface area contributed by atoms with Crippen molar-refractivity contribution in [2.24, 2.45) is 0 Å². The van der Waals surface area contributed by atoms with E-state index in [0.29, 0.717) is 6.42 Å². The zero-order valence-corrected chi connectivity index (χ0v) is 10.2. The van der Waals surface area contributed by atoms with Crippen LogP contribution in [0.3, 0.4) is 0 Å². The van der Waals surface area contributed by atoms with Crippen molar-refractivity contribution in [2.75, 3.05) is 13.1 Å². The van der Waals surface area contributed by atoms with Crippen LogP contribution in [0.25, 0.3) is 0 Å². The van der Waals surface area contributed by atoms with Gasteiger partial charge in [0.2, 0.25) is 0 Å². The van der Waals surface area contributed by atoms with Gasteiger partial charge in [0.15, 0.2) is 0 Å². The van der Waals surface area contributed by atoms with E-state index >= 15 is 0 Å². The van der Waals surface area contributed by atoms with Crippen molar-refractivity contribution in [2.45, 2.75) is 12.5 Å². The fourth-order valence-electron chi connectivity index (χ4n) is 1.85. The van der Waals surface area contributed by atoms with Crippen LogP contribution in [0.2, 0.25) is 0 Å². The lowest BCUT2D eigenvalue weighted by Gasteiger charge is -2.11. The van der Waals surface area contributed by atoms with Gasteiger partial charge in [-0.2, -0.15) is 5.26 Å². The van der Waals surface area contributed by atoms with E-state index in [4.69, 9.17) is 10.00 Å². The highest BCUT2D eigenvalue weighted by Gasteiger charge is 2.23. The normalized spacial score (nSPS) is 15.8. The van der Waals surface area contributed by atoms with Crippen molar-refractivity contribution in [3.05, 3.63) is 29.8 Å². The van der Waals surface area contributed by atoms with Crippen molar-refractivity contribution in [3.63, 3.8) is 0 Å². The molecular weight excluding hydrogens is 246 g/mol. The van der Waals surface area contributed by atoms with E-state index in [1.54, 1.807) is 6.07 Å². The van der Waals surface area contributed by atoms with E-state index in [1.807, 2.05) is 24.3 Å². The topological polar surface area (TPSA) is 91.2 Å². The Bertz CT molecular complexity index is 511. The second-order valence-corrected chi connectivity index (χ2v) is 4.10. The first-order valence-electron chi connectivity index (χ1n) is 5.88. The Morgan fingerprint density at radius 2 is 2.05 bits per heavy atom. The number of benzene rings is 1. The highest BCUT2D eigenvalue weighted by Crippen LogP contribution is 2.27. The van der Waals surface area contributed by atoms with Gasteiger partial charge in [0.05, 0.1) is 12.6 Å². The minimum Gasteiger partial charge on any atom is -0.488 e. The summed E-state index contributed by atoms with van der Waals surface area (Å²) in [7, 11) is 0. The van der Waals surface area contributed by atoms with Crippen LogP contribution in [0.5, 0.6) is 5.75 Å². The standard InChI is InChI=1S/C13H13N3O3/c14-5-6-15-12(17)13(18)16-8-10-7-9-3-1-2-4-11(9)19-10/h1-4,10H,6-8H2,(H,15,17)(H,16,18). The van der Waals surface area contributed by atoms with Gasteiger partial charge in [-0.05, 0) is 11.6 Å². The van der Waals surface area contributed by atoms with E-state index in [1.165, 1.54) is 0 Å². The largest absolute Gasteiger partial charge is 0.488 e. The summed E-state index contributed by atoms with van der Waals surface area (Å²) >= 11 is 0. The number of carbonyl (C=O) groups excluding carboxylic acids is 2. The molecule has 1 aliphatic rings. The highest BCUT2D eigenvalue weighted by atomic mass is 16.5. The minimum absolute atomic E-state index is 0.162. The van der Waals surface area contributed by atoms with Gasteiger partial charge in [-0.15, -0.1) is 0 Å². The third-order valence-electron chi connectivity index (χ3n) is 2.74. The van der Waals surface area contributed by atoms with Gasteiger partial charge in [-0.3, -0.25) is 9.59 Å². The fourth-order valence-corrected chi connectivity index (χ4v) is 1.85. The average Bonchev–Trinajstić information content (AvgIpc) is 2.84. The number of ether oxygens (including phenoxy) is 1. The Balaban J connectivity index is 1.78. The van der Waals surface area contributed by atoms with Gasteiger partial charge in [-0.1, -0.05) is 18.2 Å². The summed E-state index contributed by atoms with van der Waals surface area (Å²) in [5.74, 6) is -0.748. The Labute approximate surface area is 110 Å². The van der Waals surface area contributed by atoms with Crippen molar-refractivity contribution >= 4 is 11.8 Å². The summed E-state index contributed by atoms with van der Waals surface area (Å²) < 4.78 is 5.62. The second kappa shape index (κ2) is 5.87. The molecule has 1 aliphatic heterocycles. The Kier molecular flexibility index (Phi) is 3.98. The molecule has 1 heterocycles. The minimum atomic E-state index is -0.808. The molecule has 0 aromatic heterocycles. The first kappa shape index (κ1) is 12.9. The molecule has 1 atom stereocenters. The highest BCUT2D eigenvalue weighted by molar-refractivity contribution is 6.35. The van der Waals surface area contributed by atoms with Crippen molar-refractivity contribution in [1.29, 1.82) is 5.26 Å². The number of rotatable bonds is 3. The molecule has 98 valence electrons. The van der Waals surface area contributed by atoms with Gasteiger partial charge in [0.25, 0.3) is 0 Å². The molecule has 1 unspecified atom stereocenters. The molecule has 6 heteroatoms. The maximum atomic E-state index is 11.4. The second-order valence-electron chi connectivity index (χ2n) is 4.10. The molecule has 0 saturated heterocycles.